The van der Waals surface area contributed by atoms with Crippen LogP contribution in [-0.2, 0) is 10.2 Å². The minimum atomic E-state index is -4.47. The Balaban J connectivity index is 1.55. The highest BCUT2D eigenvalue weighted by Gasteiger charge is 2.55. The van der Waals surface area contributed by atoms with Crippen molar-refractivity contribution in [3.05, 3.63) is 12.1 Å². The fraction of sp³-hybridized carbons (Fsp3) is 0.688. The summed E-state index contributed by atoms with van der Waals surface area (Å²) in [7, 11) is -2.29. The van der Waals surface area contributed by atoms with E-state index in [2.05, 4.69) is 9.72 Å². The number of methoxy groups -OCH3 is 1. The van der Waals surface area contributed by atoms with Crippen LogP contribution in [0.25, 0.3) is 0 Å². The van der Waals surface area contributed by atoms with Gasteiger partial charge in [0.05, 0.1) is 13.7 Å². The highest BCUT2D eigenvalue weighted by atomic mass is 32.2. The summed E-state index contributed by atoms with van der Waals surface area (Å²) in [4.78, 5) is 3.93. The van der Waals surface area contributed by atoms with Gasteiger partial charge in [0.25, 0.3) is 10.2 Å². The largest absolute Gasteiger partial charge is 0.496 e. The monoisotopic (exact) mass is 425 g/mol. The fourth-order valence-electron chi connectivity index (χ4n) is 3.53. The Morgan fingerprint density at radius 2 is 1.86 bits per heavy atom. The van der Waals surface area contributed by atoms with Crippen molar-refractivity contribution in [1.82, 2.24) is 9.29 Å². The summed E-state index contributed by atoms with van der Waals surface area (Å²) in [5, 5.41) is 5.15. The van der Waals surface area contributed by atoms with E-state index in [-0.39, 0.29) is 28.8 Å². The van der Waals surface area contributed by atoms with E-state index < -0.39 is 23.0 Å². The van der Waals surface area contributed by atoms with E-state index in [1.165, 1.54) is 23.5 Å². The topological polar surface area (TPSA) is 104 Å². The summed E-state index contributed by atoms with van der Waals surface area (Å²) in [6.07, 6.45) is -2.18. The fourth-order valence-corrected chi connectivity index (χ4v) is 4.22. The second-order valence-corrected chi connectivity index (χ2v) is 8.65. The first kappa shape index (κ1) is 20.9. The summed E-state index contributed by atoms with van der Waals surface area (Å²) < 4.78 is 76.4. The van der Waals surface area contributed by atoms with Crippen LogP contribution in [0.3, 0.4) is 0 Å². The molecule has 1 atom stereocenters. The molecule has 8 nitrogen and oxygen atoms in total. The number of alkyl halides is 3. The van der Waals surface area contributed by atoms with Crippen molar-refractivity contribution in [3.63, 3.8) is 0 Å². The van der Waals surface area contributed by atoms with Gasteiger partial charge in [-0.25, -0.2) is 5.14 Å². The van der Waals surface area contributed by atoms with Crippen LogP contribution in [0.2, 0.25) is 0 Å². The third-order valence-electron chi connectivity index (χ3n) is 5.24. The molecule has 1 aromatic rings. The number of ether oxygens (including phenoxy) is 3. The molecule has 2 fully saturated rings. The molecule has 2 N–H and O–H groups in total. The van der Waals surface area contributed by atoms with Gasteiger partial charge < -0.3 is 14.2 Å². The Labute approximate surface area is 160 Å². The van der Waals surface area contributed by atoms with Gasteiger partial charge in [0.15, 0.2) is 6.61 Å². The van der Waals surface area contributed by atoms with E-state index >= 15 is 0 Å². The molecule has 0 radical (unpaired) electrons. The Hall–Kier alpha value is -1.79. The van der Waals surface area contributed by atoms with Crippen molar-refractivity contribution >= 4 is 10.2 Å². The van der Waals surface area contributed by atoms with Gasteiger partial charge in [-0.15, -0.1) is 0 Å². The molecule has 2 aliphatic rings. The van der Waals surface area contributed by atoms with E-state index in [0.29, 0.717) is 32.5 Å². The van der Waals surface area contributed by atoms with Crippen LogP contribution in [0.5, 0.6) is 17.5 Å². The van der Waals surface area contributed by atoms with Gasteiger partial charge in [0.1, 0.15) is 5.75 Å². The lowest BCUT2D eigenvalue weighted by Crippen LogP contribution is -2.43. The molecule has 3 rings (SSSR count). The molecule has 1 aromatic heterocycles. The quantitative estimate of drug-likeness (QED) is 0.713. The molecule has 28 heavy (non-hydrogen) atoms. The Morgan fingerprint density at radius 1 is 1.25 bits per heavy atom. The van der Waals surface area contributed by atoms with Crippen molar-refractivity contribution in [2.45, 2.75) is 25.4 Å². The van der Waals surface area contributed by atoms with Crippen LogP contribution in [0.4, 0.5) is 13.2 Å². The zero-order valence-corrected chi connectivity index (χ0v) is 16.1. The summed E-state index contributed by atoms with van der Waals surface area (Å²) in [6, 6.07) is 2.72. The number of piperidine rings is 1. The van der Waals surface area contributed by atoms with Crippen LogP contribution in [0.1, 0.15) is 19.3 Å². The number of hydrogen-bond acceptors (Lipinski definition) is 6. The molecule has 12 heteroatoms. The minimum Gasteiger partial charge on any atom is -0.496 e. The van der Waals surface area contributed by atoms with Gasteiger partial charge in [0.2, 0.25) is 11.8 Å². The average molecular weight is 425 g/mol. The second kappa shape index (κ2) is 7.56. The van der Waals surface area contributed by atoms with Crippen molar-refractivity contribution in [3.8, 4) is 17.5 Å². The third-order valence-corrected chi connectivity index (χ3v) is 6.33. The van der Waals surface area contributed by atoms with Gasteiger partial charge in [-0.05, 0) is 30.6 Å². The predicted octanol–water partition coefficient (Wildman–Crippen LogP) is 1.72. The third kappa shape index (κ3) is 5.17. The van der Waals surface area contributed by atoms with E-state index in [1.54, 1.807) is 0 Å². The summed E-state index contributed by atoms with van der Waals surface area (Å²) >= 11 is 0. The first-order valence-electron chi connectivity index (χ1n) is 8.67. The predicted molar refractivity (Wildman–Crippen MR) is 92.3 cm³/mol. The van der Waals surface area contributed by atoms with E-state index in [4.69, 9.17) is 14.6 Å². The molecule has 1 saturated carbocycles. The molecule has 0 amide bonds. The van der Waals surface area contributed by atoms with Crippen LogP contribution in [0.15, 0.2) is 12.1 Å². The van der Waals surface area contributed by atoms with E-state index in [9.17, 15) is 21.6 Å². The minimum absolute atomic E-state index is 0.0235. The number of rotatable bonds is 7. The van der Waals surface area contributed by atoms with Gasteiger partial charge in [-0.1, -0.05) is 0 Å². The Morgan fingerprint density at radius 3 is 2.39 bits per heavy atom. The first-order valence-corrected chi connectivity index (χ1v) is 10.2. The number of nitrogens with two attached hydrogens (primary N) is 1. The summed E-state index contributed by atoms with van der Waals surface area (Å²) in [5.41, 5.74) is 0.0235. The lowest BCUT2D eigenvalue weighted by Gasteiger charge is -2.30. The molecule has 2 heterocycles. The number of pyridine rings is 1. The molecule has 0 bridgehead atoms. The highest BCUT2D eigenvalue weighted by molar-refractivity contribution is 7.86. The van der Waals surface area contributed by atoms with Gasteiger partial charge in [-0.2, -0.15) is 30.9 Å². The van der Waals surface area contributed by atoms with Crippen molar-refractivity contribution < 1.29 is 35.8 Å². The zero-order chi connectivity index (χ0) is 20.6. The standard InChI is InChI=1S/C16H22F3N3O5S/c1-25-12-6-13(21-14(7-12)27-10-16(17,18)19)26-9-11-8-15(11)2-4-22(5-3-15)28(20,23)24/h6-7,11H,2-5,8-10H2,1H3,(H2,20,23,24)/t11-/m1/s1. The maximum Gasteiger partial charge on any atom is 0.422 e. The maximum atomic E-state index is 12.3. The van der Waals surface area contributed by atoms with Gasteiger partial charge in [0, 0.05) is 25.2 Å². The van der Waals surface area contributed by atoms with Crippen LogP contribution in [0, 0.1) is 11.3 Å². The Bertz CT molecular complexity index is 810. The second-order valence-electron chi connectivity index (χ2n) is 7.11. The van der Waals surface area contributed by atoms with Gasteiger partial charge in [-0.3, -0.25) is 0 Å². The molecule has 158 valence electrons. The number of aromatic nitrogens is 1. The molecular formula is C16H22F3N3O5S. The smallest absolute Gasteiger partial charge is 0.422 e. The van der Waals surface area contributed by atoms with E-state index in [1.807, 2.05) is 0 Å². The molecule has 1 aliphatic heterocycles. The van der Waals surface area contributed by atoms with Crippen molar-refractivity contribution in [2.75, 3.05) is 33.4 Å². The lowest BCUT2D eigenvalue weighted by atomic mass is 9.92. The van der Waals surface area contributed by atoms with Crippen molar-refractivity contribution in [1.29, 1.82) is 0 Å². The van der Waals surface area contributed by atoms with Gasteiger partial charge >= 0.3 is 6.18 Å². The average Bonchev–Trinajstić information content (AvgIpc) is 3.28. The molecule has 1 saturated heterocycles. The molecule has 0 aromatic carbocycles. The lowest BCUT2D eigenvalue weighted by molar-refractivity contribution is -0.154. The molecular weight excluding hydrogens is 403 g/mol. The number of hydrogen-bond donors (Lipinski definition) is 1. The Kier molecular flexibility index (Phi) is 5.65. The molecule has 1 spiro atoms. The zero-order valence-electron chi connectivity index (χ0n) is 15.2. The van der Waals surface area contributed by atoms with Crippen LogP contribution < -0.4 is 19.3 Å². The molecule has 1 aliphatic carbocycles. The normalized spacial score (nSPS) is 22.1. The molecule has 0 unspecified atom stereocenters. The number of nitrogens with zero attached hydrogens (tertiary/aromatic N) is 2. The SMILES string of the molecule is COc1cc(OC[C@H]2CC23CCN(S(N)(=O)=O)CC3)nc(OCC(F)(F)F)c1. The van der Waals surface area contributed by atoms with E-state index in [0.717, 1.165) is 6.42 Å². The van der Waals surface area contributed by atoms with Crippen LogP contribution >= 0.6 is 0 Å². The first-order chi connectivity index (χ1) is 13.0. The summed E-state index contributed by atoms with van der Waals surface area (Å²) in [5.74, 6) is 0.371. The maximum absolute atomic E-state index is 12.3. The highest BCUT2D eigenvalue weighted by Crippen LogP contribution is 2.59. The summed E-state index contributed by atoms with van der Waals surface area (Å²) in [6.45, 7) is -0.377. The van der Waals surface area contributed by atoms with Crippen LogP contribution in [-0.4, -0.2) is 57.3 Å². The number of halogens is 3. The van der Waals surface area contributed by atoms with Crippen molar-refractivity contribution in [2.24, 2.45) is 16.5 Å².